The third-order valence-corrected chi connectivity index (χ3v) is 6.57. The van der Waals surface area contributed by atoms with Gasteiger partial charge < -0.3 is 19.1 Å². The predicted molar refractivity (Wildman–Crippen MR) is 137 cm³/mol. The Morgan fingerprint density at radius 1 is 1.09 bits per heavy atom. The van der Waals surface area contributed by atoms with Crippen molar-refractivity contribution in [3.05, 3.63) is 71.4 Å². The molecule has 1 aliphatic rings. The Labute approximate surface area is 209 Å². The lowest BCUT2D eigenvalue weighted by Crippen LogP contribution is -2.11. The van der Waals surface area contributed by atoms with E-state index in [1.807, 2.05) is 74.5 Å². The molecule has 0 unspecified atom stereocenters. The van der Waals surface area contributed by atoms with Gasteiger partial charge in [-0.25, -0.2) is 9.78 Å². The molecular formula is C28H27ClN2O4. The Morgan fingerprint density at radius 3 is 2.51 bits per heavy atom. The summed E-state index contributed by atoms with van der Waals surface area (Å²) in [6.07, 6.45) is 4.77. The van der Waals surface area contributed by atoms with Gasteiger partial charge in [0.25, 0.3) is 0 Å². The molecule has 2 aromatic heterocycles. The first-order valence-electron chi connectivity index (χ1n) is 11.9. The van der Waals surface area contributed by atoms with E-state index in [2.05, 4.69) is 0 Å². The summed E-state index contributed by atoms with van der Waals surface area (Å²) in [5.41, 5.74) is 2.99. The Balaban J connectivity index is 1.55. The lowest BCUT2D eigenvalue weighted by atomic mass is 10.1. The summed E-state index contributed by atoms with van der Waals surface area (Å²) in [4.78, 5) is 16.9. The highest BCUT2D eigenvalue weighted by molar-refractivity contribution is 6.38. The fraction of sp³-hybridized carbons (Fsp3) is 0.286. The average Bonchev–Trinajstić information content (AvgIpc) is 3.45. The van der Waals surface area contributed by atoms with E-state index in [-0.39, 0.29) is 22.9 Å². The number of hydrogen-bond donors (Lipinski definition) is 1. The van der Waals surface area contributed by atoms with Gasteiger partial charge in [-0.05, 0) is 82.0 Å². The fourth-order valence-corrected chi connectivity index (χ4v) is 4.95. The summed E-state index contributed by atoms with van der Waals surface area (Å²) >= 11 is 6.64. The number of fused-ring (bicyclic) bond motifs is 1. The largest absolute Gasteiger partial charge is 0.491 e. The maximum Gasteiger partial charge on any atom is 0.354 e. The molecule has 1 aliphatic carbocycles. The molecule has 180 valence electrons. The van der Waals surface area contributed by atoms with Gasteiger partial charge in [-0.3, -0.25) is 0 Å². The van der Waals surface area contributed by atoms with E-state index < -0.39 is 5.97 Å². The average molecular weight is 491 g/mol. The van der Waals surface area contributed by atoms with Gasteiger partial charge in [0.2, 0.25) is 5.88 Å². The molecule has 2 aromatic carbocycles. The van der Waals surface area contributed by atoms with Crippen molar-refractivity contribution in [3.8, 4) is 28.6 Å². The van der Waals surface area contributed by atoms with Crippen LogP contribution in [0.4, 0.5) is 0 Å². The predicted octanol–water partition coefficient (Wildman–Crippen LogP) is 7.15. The van der Waals surface area contributed by atoms with Crippen LogP contribution in [0, 0.1) is 0 Å². The molecule has 0 aliphatic heterocycles. The Morgan fingerprint density at radius 2 is 1.83 bits per heavy atom. The number of carboxylic acids is 1. The highest BCUT2D eigenvalue weighted by Gasteiger charge is 2.23. The number of carboxylic acid groups (broad SMARTS) is 1. The van der Waals surface area contributed by atoms with Crippen LogP contribution in [0.15, 0.2) is 60.7 Å². The molecule has 7 heteroatoms. The minimum atomic E-state index is -1.10. The van der Waals surface area contributed by atoms with Crippen molar-refractivity contribution in [2.75, 3.05) is 0 Å². The van der Waals surface area contributed by atoms with E-state index in [0.29, 0.717) is 22.5 Å². The van der Waals surface area contributed by atoms with Crippen molar-refractivity contribution < 1.29 is 19.4 Å². The number of ether oxygens (including phenoxy) is 2. The number of hydrogen-bond acceptors (Lipinski definition) is 4. The summed E-state index contributed by atoms with van der Waals surface area (Å²) in [5.74, 6) is 0.227. The summed E-state index contributed by atoms with van der Waals surface area (Å²) < 4.78 is 13.5. The summed E-state index contributed by atoms with van der Waals surface area (Å²) in [6, 6.07) is 18.7. The molecule has 0 spiro atoms. The zero-order valence-electron chi connectivity index (χ0n) is 19.7. The molecule has 2 heterocycles. The van der Waals surface area contributed by atoms with E-state index in [1.165, 1.54) is 12.8 Å². The van der Waals surface area contributed by atoms with Crippen LogP contribution in [0.25, 0.3) is 27.8 Å². The molecule has 0 atom stereocenters. The van der Waals surface area contributed by atoms with Crippen molar-refractivity contribution in [1.29, 1.82) is 0 Å². The van der Waals surface area contributed by atoms with Gasteiger partial charge in [0, 0.05) is 22.7 Å². The van der Waals surface area contributed by atoms with Gasteiger partial charge in [0.15, 0.2) is 5.69 Å². The van der Waals surface area contributed by atoms with Crippen LogP contribution in [-0.2, 0) is 0 Å². The van der Waals surface area contributed by atoms with Crippen molar-refractivity contribution in [2.24, 2.45) is 0 Å². The third kappa shape index (κ3) is 4.71. The molecule has 6 nitrogen and oxygen atoms in total. The van der Waals surface area contributed by atoms with Crippen LogP contribution in [0.3, 0.4) is 0 Å². The summed E-state index contributed by atoms with van der Waals surface area (Å²) in [6.45, 7) is 3.91. The second-order valence-electron chi connectivity index (χ2n) is 9.08. The second-order valence-corrected chi connectivity index (χ2v) is 9.46. The number of nitrogens with zero attached hydrogens (tertiary/aromatic N) is 2. The molecule has 0 bridgehead atoms. The topological polar surface area (TPSA) is 73.6 Å². The standard InChI is InChI=1S/C28H27ClN2O4/c1-17(2)34-21-13-11-19(12-14-21)31-24-15-10-18(16-22(24)26(29)27(31)28(32)33)23-8-5-9-25(30-23)35-20-6-3-4-7-20/h5,8-17,20H,3-4,6-7H2,1-2H3,(H,32,33). The van der Waals surface area contributed by atoms with Gasteiger partial charge in [0.05, 0.1) is 22.3 Å². The zero-order valence-corrected chi connectivity index (χ0v) is 20.5. The minimum Gasteiger partial charge on any atom is -0.491 e. The van der Waals surface area contributed by atoms with Crippen LogP contribution in [-0.4, -0.2) is 32.8 Å². The fourth-order valence-electron chi connectivity index (χ4n) is 4.63. The van der Waals surface area contributed by atoms with E-state index in [1.54, 1.807) is 4.57 Å². The molecule has 0 amide bonds. The van der Waals surface area contributed by atoms with Gasteiger partial charge in [-0.15, -0.1) is 0 Å². The van der Waals surface area contributed by atoms with Gasteiger partial charge in [0.1, 0.15) is 11.9 Å². The van der Waals surface area contributed by atoms with E-state index >= 15 is 0 Å². The first-order chi connectivity index (χ1) is 16.9. The smallest absolute Gasteiger partial charge is 0.354 e. The Bertz CT molecular complexity index is 1370. The van der Waals surface area contributed by atoms with Crippen LogP contribution >= 0.6 is 11.6 Å². The number of rotatable bonds is 7. The lowest BCUT2D eigenvalue weighted by Gasteiger charge is -2.13. The second kappa shape index (κ2) is 9.62. The number of pyridine rings is 1. The van der Waals surface area contributed by atoms with Crippen molar-refractivity contribution >= 4 is 28.5 Å². The van der Waals surface area contributed by atoms with Crippen LogP contribution in [0.2, 0.25) is 5.02 Å². The molecule has 5 rings (SSSR count). The number of aromatic nitrogens is 2. The van der Waals surface area contributed by atoms with E-state index in [0.717, 1.165) is 29.8 Å². The highest BCUT2D eigenvalue weighted by Crippen LogP contribution is 2.36. The quantitative estimate of drug-likeness (QED) is 0.297. The molecular weight excluding hydrogens is 464 g/mol. The molecule has 4 aromatic rings. The first kappa shape index (κ1) is 23.2. The number of aromatic carboxylic acids is 1. The van der Waals surface area contributed by atoms with Crippen molar-refractivity contribution in [1.82, 2.24) is 9.55 Å². The molecule has 0 saturated heterocycles. The summed E-state index contributed by atoms with van der Waals surface area (Å²) in [5, 5.41) is 10.8. The SMILES string of the molecule is CC(C)Oc1ccc(-n2c(C(=O)O)c(Cl)c3cc(-c4cccc(OC5CCCC5)n4)ccc32)cc1. The normalized spacial score (nSPS) is 14.1. The maximum absolute atomic E-state index is 12.2. The first-order valence-corrected chi connectivity index (χ1v) is 12.3. The Hall–Kier alpha value is -3.51. The lowest BCUT2D eigenvalue weighted by molar-refractivity contribution is 0.0689. The van der Waals surface area contributed by atoms with Gasteiger partial charge in [-0.2, -0.15) is 0 Å². The third-order valence-electron chi connectivity index (χ3n) is 6.18. The minimum absolute atomic E-state index is 0.0163. The molecule has 0 radical (unpaired) electrons. The molecule has 35 heavy (non-hydrogen) atoms. The number of carbonyl (C=O) groups is 1. The molecule has 1 N–H and O–H groups in total. The number of benzene rings is 2. The van der Waals surface area contributed by atoms with Gasteiger partial charge >= 0.3 is 5.97 Å². The van der Waals surface area contributed by atoms with Crippen LogP contribution in [0.1, 0.15) is 50.0 Å². The maximum atomic E-state index is 12.2. The summed E-state index contributed by atoms with van der Waals surface area (Å²) in [7, 11) is 0. The molecule has 1 saturated carbocycles. The highest BCUT2D eigenvalue weighted by atomic mass is 35.5. The van der Waals surface area contributed by atoms with Crippen molar-refractivity contribution in [3.63, 3.8) is 0 Å². The zero-order chi connectivity index (χ0) is 24.5. The van der Waals surface area contributed by atoms with E-state index in [4.69, 9.17) is 26.1 Å². The number of halogens is 1. The van der Waals surface area contributed by atoms with Crippen LogP contribution in [0.5, 0.6) is 11.6 Å². The monoisotopic (exact) mass is 490 g/mol. The van der Waals surface area contributed by atoms with Crippen molar-refractivity contribution in [2.45, 2.75) is 51.7 Å². The van der Waals surface area contributed by atoms with E-state index in [9.17, 15) is 9.90 Å². The molecule has 1 fully saturated rings. The van der Waals surface area contributed by atoms with Gasteiger partial charge in [-0.1, -0.05) is 23.7 Å². The Kier molecular flexibility index (Phi) is 6.39. The van der Waals surface area contributed by atoms with Crippen LogP contribution < -0.4 is 9.47 Å².